The average Bonchev–Trinajstić information content (AvgIpc) is 3.05. The van der Waals surface area contributed by atoms with Crippen molar-refractivity contribution >= 4 is 50.3 Å². The Morgan fingerprint density at radius 3 is 2.25 bits per heavy atom. The predicted octanol–water partition coefficient (Wildman–Crippen LogP) is 4.42. The molecule has 1 saturated heterocycles. The molecule has 3 aromatic rings. The zero-order valence-corrected chi connectivity index (χ0v) is 17.9. The average molecular weight is 472 g/mol. The van der Waals surface area contributed by atoms with Crippen molar-refractivity contribution in [1.82, 2.24) is 0 Å². The number of nitrogens with two attached hydrogens (primary N) is 1. The van der Waals surface area contributed by atoms with Crippen molar-refractivity contribution in [3.8, 4) is 0 Å². The standard InChI is InChI=1S/C22H15F2N3O3S2/c23-18-11-6-14(12-19(18)24)13-20-21(28)27(16-4-2-1-3-5-16)22(31-20)26-15-7-9-17(10-8-15)32(25,29)30/h1-13H,(H2,25,29,30)/b20-13?,26-22-. The van der Waals surface area contributed by atoms with Gasteiger partial charge in [-0.1, -0.05) is 24.3 Å². The second-order valence-corrected chi connectivity index (χ2v) is 9.26. The molecule has 0 aromatic heterocycles. The normalized spacial score (nSPS) is 16.8. The summed E-state index contributed by atoms with van der Waals surface area (Å²) >= 11 is 1.06. The molecular weight excluding hydrogens is 456 g/mol. The lowest BCUT2D eigenvalue weighted by molar-refractivity contribution is -0.113. The fourth-order valence-electron chi connectivity index (χ4n) is 2.93. The van der Waals surface area contributed by atoms with Gasteiger partial charge in [-0.2, -0.15) is 0 Å². The summed E-state index contributed by atoms with van der Waals surface area (Å²) in [6, 6.07) is 17.7. The first-order valence-corrected chi connectivity index (χ1v) is 11.5. The number of sulfonamides is 1. The van der Waals surface area contributed by atoms with Crippen LogP contribution in [0.25, 0.3) is 6.08 Å². The van der Waals surface area contributed by atoms with Crippen molar-refractivity contribution in [1.29, 1.82) is 0 Å². The Morgan fingerprint density at radius 2 is 1.62 bits per heavy atom. The number of anilines is 1. The van der Waals surface area contributed by atoms with Gasteiger partial charge in [0.25, 0.3) is 5.91 Å². The largest absolute Gasteiger partial charge is 0.271 e. The van der Waals surface area contributed by atoms with E-state index in [0.717, 1.165) is 23.9 Å². The van der Waals surface area contributed by atoms with Crippen LogP contribution in [0, 0.1) is 11.6 Å². The maximum atomic E-state index is 13.6. The SMILES string of the molecule is NS(=O)(=O)c1ccc(/N=C2\SC(=Cc3ccc(F)c(F)c3)C(=O)N2c2ccccc2)cc1. The van der Waals surface area contributed by atoms with Crippen LogP contribution in [0.5, 0.6) is 0 Å². The smallest absolute Gasteiger partial charge is 0.268 e. The molecule has 4 rings (SSSR count). The fourth-order valence-corrected chi connectivity index (χ4v) is 4.44. The van der Waals surface area contributed by atoms with Gasteiger partial charge in [-0.3, -0.25) is 9.69 Å². The van der Waals surface area contributed by atoms with Gasteiger partial charge < -0.3 is 0 Å². The summed E-state index contributed by atoms with van der Waals surface area (Å²) in [6.45, 7) is 0. The van der Waals surface area contributed by atoms with Crippen LogP contribution < -0.4 is 10.0 Å². The Hall–Kier alpha value is -3.34. The molecule has 0 unspecified atom stereocenters. The summed E-state index contributed by atoms with van der Waals surface area (Å²) in [4.78, 5) is 19.2. The lowest BCUT2D eigenvalue weighted by Gasteiger charge is -2.15. The first-order valence-electron chi connectivity index (χ1n) is 9.18. The van der Waals surface area contributed by atoms with Crippen LogP contribution in [0.4, 0.5) is 20.2 Å². The number of carbonyl (C=O) groups is 1. The van der Waals surface area contributed by atoms with Gasteiger partial charge in [0.2, 0.25) is 10.0 Å². The van der Waals surface area contributed by atoms with Crippen molar-refractivity contribution in [2.45, 2.75) is 4.90 Å². The monoisotopic (exact) mass is 471 g/mol. The number of nitrogens with zero attached hydrogens (tertiary/aromatic N) is 2. The molecule has 1 heterocycles. The van der Waals surface area contributed by atoms with E-state index in [2.05, 4.69) is 4.99 Å². The lowest BCUT2D eigenvalue weighted by atomic mass is 10.2. The first-order chi connectivity index (χ1) is 15.2. The number of benzene rings is 3. The molecule has 1 amide bonds. The van der Waals surface area contributed by atoms with Crippen LogP contribution in [0.3, 0.4) is 0 Å². The van der Waals surface area contributed by atoms with Crippen molar-refractivity contribution < 1.29 is 22.0 Å². The van der Waals surface area contributed by atoms with Crippen molar-refractivity contribution in [3.05, 3.63) is 94.9 Å². The van der Waals surface area contributed by atoms with Gasteiger partial charge in [-0.05, 0) is 71.9 Å². The fraction of sp³-hybridized carbons (Fsp3) is 0. The van der Waals surface area contributed by atoms with Crippen LogP contribution in [-0.2, 0) is 14.8 Å². The second-order valence-electron chi connectivity index (χ2n) is 6.69. The van der Waals surface area contributed by atoms with E-state index in [1.807, 2.05) is 0 Å². The summed E-state index contributed by atoms with van der Waals surface area (Å²) in [7, 11) is -3.84. The van der Waals surface area contributed by atoms with Crippen LogP contribution in [0.15, 0.2) is 87.6 Å². The molecule has 162 valence electrons. The van der Waals surface area contributed by atoms with Gasteiger partial charge >= 0.3 is 0 Å². The summed E-state index contributed by atoms with van der Waals surface area (Å²) in [5, 5.41) is 5.44. The Bertz CT molecular complexity index is 1360. The molecule has 1 aliphatic heterocycles. The summed E-state index contributed by atoms with van der Waals surface area (Å²) in [5.41, 5.74) is 1.30. The van der Waals surface area contributed by atoms with E-state index < -0.39 is 21.7 Å². The Kier molecular flexibility index (Phi) is 5.92. The van der Waals surface area contributed by atoms with E-state index in [4.69, 9.17) is 5.14 Å². The molecule has 0 atom stereocenters. The molecule has 0 spiro atoms. The number of para-hydroxylation sites is 1. The lowest BCUT2D eigenvalue weighted by Crippen LogP contribution is -2.28. The first kappa shape index (κ1) is 21.9. The maximum Gasteiger partial charge on any atom is 0.271 e. The van der Waals surface area contributed by atoms with Crippen molar-refractivity contribution in [3.63, 3.8) is 0 Å². The van der Waals surface area contributed by atoms with E-state index in [0.29, 0.717) is 22.1 Å². The molecule has 0 bridgehead atoms. The Morgan fingerprint density at radius 1 is 0.938 bits per heavy atom. The molecule has 10 heteroatoms. The number of amides is 1. The molecule has 0 saturated carbocycles. The number of carbonyl (C=O) groups excluding carboxylic acids is 1. The van der Waals surface area contributed by atoms with Crippen molar-refractivity contribution in [2.75, 3.05) is 4.90 Å². The van der Waals surface area contributed by atoms with Gasteiger partial charge in [-0.25, -0.2) is 27.3 Å². The number of aliphatic imine (C=N–C) groups is 1. The highest BCUT2D eigenvalue weighted by Crippen LogP contribution is 2.37. The quantitative estimate of drug-likeness (QED) is 0.570. The molecular formula is C22H15F2N3O3S2. The molecule has 0 radical (unpaired) electrons. The minimum absolute atomic E-state index is 0.0598. The third kappa shape index (κ3) is 4.62. The van der Waals surface area contributed by atoms with E-state index in [-0.39, 0.29) is 15.7 Å². The molecule has 2 N–H and O–H groups in total. The third-order valence-electron chi connectivity index (χ3n) is 4.45. The number of amidine groups is 1. The number of hydrogen-bond donors (Lipinski definition) is 1. The molecule has 1 aliphatic rings. The van der Waals surface area contributed by atoms with Gasteiger partial charge in [-0.15, -0.1) is 0 Å². The van der Waals surface area contributed by atoms with Crippen molar-refractivity contribution in [2.24, 2.45) is 10.1 Å². The van der Waals surface area contributed by atoms with Gasteiger partial charge in [0.1, 0.15) is 0 Å². The Balaban J connectivity index is 1.75. The number of hydrogen-bond acceptors (Lipinski definition) is 5. The van der Waals surface area contributed by atoms with E-state index in [1.165, 1.54) is 41.3 Å². The summed E-state index contributed by atoms with van der Waals surface area (Å²) < 4.78 is 49.7. The van der Waals surface area contributed by atoms with Crippen LogP contribution in [0.2, 0.25) is 0 Å². The summed E-state index contributed by atoms with van der Waals surface area (Å²) in [5.74, 6) is -2.38. The van der Waals surface area contributed by atoms with E-state index >= 15 is 0 Å². The van der Waals surface area contributed by atoms with Crippen LogP contribution in [-0.4, -0.2) is 19.5 Å². The molecule has 3 aromatic carbocycles. The number of halogens is 2. The zero-order chi connectivity index (χ0) is 22.9. The number of thioether (sulfide) groups is 1. The number of rotatable bonds is 4. The maximum absolute atomic E-state index is 13.6. The Labute approximate surface area is 187 Å². The molecule has 0 aliphatic carbocycles. The van der Waals surface area contributed by atoms with Gasteiger partial charge in [0.05, 0.1) is 21.2 Å². The van der Waals surface area contributed by atoms with E-state index in [9.17, 15) is 22.0 Å². The highest BCUT2D eigenvalue weighted by Gasteiger charge is 2.34. The minimum atomic E-state index is -3.84. The number of primary sulfonamides is 1. The second kappa shape index (κ2) is 8.65. The topological polar surface area (TPSA) is 92.8 Å². The summed E-state index contributed by atoms with van der Waals surface area (Å²) in [6.07, 6.45) is 1.46. The molecule has 1 fully saturated rings. The minimum Gasteiger partial charge on any atom is -0.268 e. The van der Waals surface area contributed by atoms with E-state index in [1.54, 1.807) is 30.3 Å². The van der Waals surface area contributed by atoms with Crippen LogP contribution >= 0.6 is 11.8 Å². The third-order valence-corrected chi connectivity index (χ3v) is 6.35. The van der Waals surface area contributed by atoms with Gasteiger partial charge in [0, 0.05) is 0 Å². The zero-order valence-electron chi connectivity index (χ0n) is 16.3. The van der Waals surface area contributed by atoms with Gasteiger partial charge in [0.15, 0.2) is 16.8 Å². The molecule has 6 nitrogen and oxygen atoms in total. The highest BCUT2D eigenvalue weighted by molar-refractivity contribution is 8.19. The predicted molar refractivity (Wildman–Crippen MR) is 121 cm³/mol. The van der Waals surface area contributed by atoms with Crippen LogP contribution in [0.1, 0.15) is 5.56 Å². The highest BCUT2D eigenvalue weighted by atomic mass is 32.2. The molecule has 32 heavy (non-hydrogen) atoms.